The predicted molar refractivity (Wildman–Crippen MR) is 83.6 cm³/mol. The van der Waals surface area contributed by atoms with Crippen LogP contribution in [-0.2, 0) is 0 Å². The van der Waals surface area contributed by atoms with Gasteiger partial charge in [-0.25, -0.2) is 4.98 Å². The highest BCUT2D eigenvalue weighted by atomic mass is 35.5. The minimum atomic E-state index is 0.349. The van der Waals surface area contributed by atoms with E-state index < -0.39 is 0 Å². The van der Waals surface area contributed by atoms with Crippen molar-refractivity contribution >= 4 is 28.6 Å². The fourth-order valence-electron chi connectivity index (χ4n) is 2.32. The van der Waals surface area contributed by atoms with Crippen LogP contribution < -0.4 is 15.2 Å². The molecule has 21 heavy (non-hydrogen) atoms. The number of ether oxygens (including phenoxy) is 2. The van der Waals surface area contributed by atoms with E-state index in [9.17, 15) is 0 Å². The molecular formula is C15H14ClN3O2. The van der Waals surface area contributed by atoms with Crippen LogP contribution in [0, 0.1) is 0 Å². The Kier molecular flexibility index (Phi) is 3.35. The smallest absolute Gasteiger partial charge is 0.206 e. The Balaban J connectivity index is 2.32. The van der Waals surface area contributed by atoms with Crippen LogP contribution in [0.5, 0.6) is 11.5 Å². The lowest BCUT2D eigenvalue weighted by atomic mass is 10.2. The quantitative estimate of drug-likeness (QED) is 0.806. The molecule has 0 saturated carbocycles. The van der Waals surface area contributed by atoms with E-state index in [1.807, 2.05) is 24.3 Å². The maximum absolute atomic E-state index is 6.30. The van der Waals surface area contributed by atoms with E-state index in [1.165, 1.54) is 0 Å². The van der Waals surface area contributed by atoms with Crippen LogP contribution in [0.4, 0.5) is 5.95 Å². The third kappa shape index (κ3) is 2.15. The average Bonchev–Trinajstić information content (AvgIpc) is 2.84. The summed E-state index contributed by atoms with van der Waals surface area (Å²) >= 11 is 6.30. The molecule has 0 aliphatic carbocycles. The van der Waals surface area contributed by atoms with Crippen LogP contribution in [0.2, 0.25) is 5.02 Å². The highest BCUT2D eigenvalue weighted by molar-refractivity contribution is 6.35. The summed E-state index contributed by atoms with van der Waals surface area (Å²) in [6.07, 6.45) is 0. The van der Waals surface area contributed by atoms with E-state index in [1.54, 1.807) is 30.9 Å². The molecule has 1 aromatic heterocycles. The second-order valence-corrected chi connectivity index (χ2v) is 4.86. The van der Waals surface area contributed by atoms with Gasteiger partial charge in [0.15, 0.2) is 0 Å². The van der Waals surface area contributed by atoms with Gasteiger partial charge in [0, 0.05) is 6.07 Å². The zero-order chi connectivity index (χ0) is 15.0. The van der Waals surface area contributed by atoms with Crippen LogP contribution in [0.15, 0.2) is 36.4 Å². The second-order valence-electron chi connectivity index (χ2n) is 4.45. The van der Waals surface area contributed by atoms with E-state index in [0.717, 1.165) is 16.7 Å². The lowest BCUT2D eigenvalue weighted by molar-refractivity contribution is 0.393. The molecule has 3 aromatic rings. The number of aromatic nitrogens is 2. The van der Waals surface area contributed by atoms with Gasteiger partial charge in [-0.2, -0.15) is 0 Å². The summed E-state index contributed by atoms with van der Waals surface area (Å²) in [6, 6.07) is 11.0. The molecule has 5 nitrogen and oxygen atoms in total. The van der Waals surface area contributed by atoms with Gasteiger partial charge in [-0.15, -0.1) is 0 Å². The van der Waals surface area contributed by atoms with Crippen molar-refractivity contribution in [1.29, 1.82) is 0 Å². The lowest BCUT2D eigenvalue weighted by Gasteiger charge is -2.13. The normalized spacial score (nSPS) is 10.8. The predicted octanol–water partition coefficient (Wildman–Crippen LogP) is 3.28. The van der Waals surface area contributed by atoms with Crippen LogP contribution in [0.25, 0.3) is 16.7 Å². The van der Waals surface area contributed by atoms with Crippen molar-refractivity contribution in [2.45, 2.75) is 0 Å². The number of anilines is 1. The highest BCUT2D eigenvalue weighted by Gasteiger charge is 2.16. The molecule has 2 N–H and O–H groups in total. The molecule has 0 atom stereocenters. The molecule has 0 spiro atoms. The third-order valence-electron chi connectivity index (χ3n) is 3.28. The van der Waals surface area contributed by atoms with E-state index in [0.29, 0.717) is 22.5 Å². The van der Waals surface area contributed by atoms with Crippen LogP contribution in [-0.4, -0.2) is 23.8 Å². The van der Waals surface area contributed by atoms with Gasteiger partial charge in [-0.1, -0.05) is 17.7 Å². The van der Waals surface area contributed by atoms with Gasteiger partial charge in [0.1, 0.15) is 11.5 Å². The molecule has 0 amide bonds. The Labute approximate surface area is 126 Å². The van der Waals surface area contributed by atoms with Crippen LogP contribution >= 0.6 is 11.6 Å². The molecule has 0 radical (unpaired) electrons. The van der Waals surface area contributed by atoms with Crippen molar-refractivity contribution in [3.63, 3.8) is 0 Å². The van der Waals surface area contributed by atoms with E-state index >= 15 is 0 Å². The summed E-state index contributed by atoms with van der Waals surface area (Å²) in [5, 5.41) is 0.578. The Morgan fingerprint density at radius 3 is 2.67 bits per heavy atom. The first-order valence-electron chi connectivity index (χ1n) is 6.30. The fourth-order valence-corrected chi connectivity index (χ4v) is 2.57. The Hall–Kier alpha value is -2.40. The van der Waals surface area contributed by atoms with Crippen LogP contribution in [0.3, 0.4) is 0 Å². The van der Waals surface area contributed by atoms with Gasteiger partial charge in [-0.05, 0) is 24.3 Å². The molecular weight excluding hydrogens is 290 g/mol. The Morgan fingerprint density at radius 1 is 1.14 bits per heavy atom. The molecule has 2 aromatic carbocycles. The van der Waals surface area contributed by atoms with Crippen molar-refractivity contribution in [3.8, 4) is 17.2 Å². The summed E-state index contributed by atoms with van der Waals surface area (Å²) in [7, 11) is 3.20. The monoisotopic (exact) mass is 303 g/mol. The Bertz CT molecular complexity index is 814. The topological polar surface area (TPSA) is 62.3 Å². The SMILES string of the molecule is COc1ccc(-n2c(N)nc3cccc(Cl)c32)c(OC)c1. The number of nitrogen functional groups attached to an aromatic ring is 1. The molecule has 0 aliphatic heterocycles. The number of hydrogen-bond donors (Lipinski definition) is 1. The summed E-state index contributed by atoms with van der Waals surface area (Å²) in [5.74, 6) is 1.67. The largest absolute Gasteiger partial charge is 0.497 e. The van der Waals surface area contributed by atoms with Gasteiger partial charge in [0.2, 0.25) is 5.95 Å². The molecule has 0 aliphatic rings. The van der Waals surface area contributed by atoms with Gasteiger partial charge < -0.3 is 15.2 Å². The number of hydrogen-bond acceptors (Lipinski definition) is 4. The first-order chi connectivity index (χ1) is 10.2. The van der Waals surface area contributed by atoms with Crippen molar-refractivity contribution in [1.82, 2.24) is 9.55 Å². The zero-order valence-corrected chi connectivity index (χ0v) is 12.4. The first-order valence-corrected chi connectivity index (χ1v) is 6.68. The number of halogens is 1. The Morgan fingerprint density at radius 2 is 1.95 bits per heavy atom. The molecule has 0 saturated heterocycles. The lowest BCUT2D eigenvalue weighted by Crippen LogP contribution is -2.03. The van der Waals surface area contributed by atoms with Gasteiger partial charge in [0.05, 0.1) is 36.0 Å². The van der Waals surface area contributed by atoms with Crippen molar-refractivity contribution in [2.24, 2.45) is 0 Å². The van der Waals surface area contributed by atoms with E-state index in [2.05, 4.69) is 4.98 Å². The summed E-state index contributed by atoms with van der Waals surface area (Å²) in [4.78, 5) is 4.34. The number of rotatable bonds is 3. The number of fused-ring (bicyclic) bond motifs is 1. The average molecular weight is 304 g/mol. The maximum atomic E-state index is 6.30. The number of nitrogens with two attached hydrogens (primary N) is 1. The minimum absolute atomic E-state index is 0.349. The number of imidazole rings is 1. The third-order valence-corrected chi connectivity index (χ3v) is 3.59. The van der Waals surface area contributed by atoms with Gasteiger partial charge in [-0.3, -0.25) is 4.57 Å². The molecule has 0 bridgehead atoms. The zero-order valence-electron chi connectivity index (χ0n) is 11.6. The standard InChI is InChI=1S/C15H14ClN3O2/c1-20-9-6-7-12(13(8-9)21-2)19-14-10(16)4-3-5-11(14)18-15(19)17/h3-8H,1-2H3,(H2,17,18). The minimum Gasteiger partial charge on any atom is -0.497 e. The summed E-state index contributed by atoms with van der Waals surface area (Å²) < 4.78 is 12.4. The molecule has 0 unspecified atom stereocenters. The van der Waals surface area contributed by atoms with E-state index in [-0.39, 0.29) is 0 Å². The molecule has 0 fully saturated rings. The number of methoxy groups -OCH3 is 2. The van der Waals surface area contributed by atoms with Crippen molar-refractivity contribution in [3.05, 3.63) is 41.4 Å². The number of para-hydroxylation sites is 1. The molecule has 3 rings (SSSR count). The molecule has 1 heterocycles. The summed E-state index contributed by atoms with van der Waals surface area (Å²) in [6.45, 7) is 0. The number of nitrogens with zero attached hydrogens (tertiary/aromatic N) is 2. The fraction of sp³-hybridized carbons (Fsp3) is 0.133. The van der Waals surface area contributed by atoms with Crippen molar-refractivity contribution < 1.29 is 9.47 Å². The van der Waals surface area contributed by atoms with Crippen molar-refractivity contribution in [2.75, 3.05) is 20.0 Å². The number of benzene rings is 2. The maximum Gasteiger partial charge on any atom is 0.206 e. The van der Waals surface area contributed by atoms with Gasteiger partial charge >= 0.3 is 0 Å². The van der Waals surface area contributed by atoms with E-state index in [4.69, 9.17) is 26.8 Å². The summed E-state index contributed by atoms with van der Waals surface area (Å²) in [5.41, 5.74) is 8.29. The van der Waals surface area contributed by atoms with Crippen LogP contribution in [0.1, 0.15) is 0 Å². The molecule has 6 heteroatoms. The second kappa shape index (κ2) is 5.18. The van der Waals surface area contributed by atoms with Gasteiger partial charge in [0.25, 0.3) is 0 Å². The molecule has 108 valence electrons. The highest BCUT2D eigenvalue weighted by Crippen LogP contribution is 2.34. The first kappa shape index (κ1) is 13.6.